The molecule has 3 nitrogen and oxygen atoms in total. The average molecular weight is 247 g/mol. The van der Waals surface area contributed by atoms with Gasteiger partial charge in [-0.1, -0.05) is 13.3 Å². The maximum Gasteiger partial charge on any atom is 0.150 e. The van der Waals surface area contributed by atoms with E-state index in [0.717, 1.165) is 44.7 Å². The minimum absolute atomic E-state index is 0.385. The lowest BCUT2D eigenvalue weighted by Gasteiger charge is -2.22. The lowest BCUT2D eigenvalue weighted by atomic mass is 9.94. The summed E-state index contributed by atoms with van der Waals surface area (Å²) in [4.78, 5) is 0. The number of piperidine rings is 1. The van der Waals surface area contributed by atoms with Crippen LogP contribution in [0.3, 0.4) is 0 Å². The molecule has 0 amide bonds. The van der Waals surface area contributed by atoms with Gasteiger partial charge in [0.1, 0.15) is 9.84 Å². The predicted octanol–water partition coefficient (Wildman–Crippen LogP) is 1.98. The van der Waals surface area contributed by atoms with Crippen molar-refractivity contribution in [1.29, 1.82) is 0 Å². The zero-order valence-corrected chi connectivity index (χ0v) is 11.2. The molecule has 0 aliphatic carbocycles. The molecule has 1 aliphatic rings. The molecule has 96 valence electrons. The van der Waals surface area contributed by atoms with Gasteiger partial charge < -0.3 is 5.32 Å². The molecular weight excluding hydrogens is 222 g/mol. The Kier molecular flexibility index (Phi) is 6.36. The molecule has 0 bridgehead atoms. The summed E-state index contributed by atoms with van der Waals surface area (Å²) in [6, 6.07) is 0. The van der Waals surface area contributed by atoms with E-state index in [1.54, 1.807) is 0 Å². The number of hydrogen-bond acceptors (Lipinski definition) is 3. The van der Waals surface area contributed by atoms with Crippen molar-refractivity contribution in [1.82, 2.24) is 5.32 Å². The molecule has 1 rings (SSSR count). The van der Waals surface area contributed by atoms with E-state index in [1.165, 1.54) is 12.8 Å². The van der Waals surface area contributed by atoms with Crippen molar-refractivity contribution in [2.75, 3.05) is 24.6 Å². The van der Waals surface area contributed by atoms with Crippen molar-refractivity contribution in [3.8, 4) is 0 Å². The molecule has 0 aromatic heterocycles. The summed E-state index contributed by atoms with van der Waals surface area (Å²) < 4.78 is 23.2. The van der Waals surface area contributed by atoms with Gasteiger partial charge in [0.25, 0.3) is 0 Å². The van der Waals surface area contributed by atoms with Crippen LogP contribution in [-0.2, 0) is 9.84 Å². The summed E-state index contributed by atoms with van der Waals surface area (Å²) in [7, 11) is -2.76. The normalized spacial score (nSPS) is 18.8. The summed E-state index contributed by atoms with van der Waals surface area (Å²) in [6.07, 6.45) is 6.16. The molecule has 0 spiro atoms. The van der Waals surface area contributed by atoms with Crippen LogP contribution >= 0.6 is 0 Å². The Balaban J connectivity index is 2.13. The quantitative estimate of drug-likeness (QED) is 0.748. The van der Waals surface area contributed by atoms with Gasteiger partial charge in [-0.05, 0) is 51.1 Å². The SMILES string of the molecule is CCCCS(=O)(=O)CCCC1CCNCC1. The Morgan fingerprint density at radius 3 is 2.38 bits per heavy atom. The zero-order valence-electron chi connectivity index (χ0n) is 10.4. The van der Waals surface area contributed by atoms with Crippen LogP contribution in [0.4, 0.5) is 0 Å². The number of nitrogens with one attached hydrogen (secondary N) is 1. The van der Waals surface area contributed by atoms with E-state index in [4.69, 9.17) is 0 Å². The van der Waals surface area contributed by atoms with Gasteiger partial charge in [-0.15, -0.1) is 0 Å². The lowest BCUT2D eigenvalue weighted by molar-refractivity contribution is 0.351. The van der Waals surface area contributed by atoms with Crippen molar-refractivity contribution in [3.05, 3.63) is 0 Å². The maximum atomic E-state index is 11.6. The van der Waals surface area contributed by atoms with Crippen LogP contribution in [0.1, 0.15) is 45.4 Å². The van der Waals surface area contributed by atoms with E-state index in [2.05, 4.69) is 5.32 Å². The van der Waals surface area contributed by atoms with Gasteiger partial charge in [0.15, 0.2) is 0 Å². The second-order valence-corrected chi connectivity index (χ2v) is 7.14. The maximum absolute atomic E-state index is 11.6. The van der Waals surface area contributed by atoms with E-state index in [-0.39, 0.29) is 0 Å². The summed E-state index contributed by atoms with van der Waals surface area (Å²) in [6.45, 7) is 4.24. The molecular formula is C12H25NO2S. The fraction of sp³-hybridized carbons (Fsp3) is 1.00. The largest absolute Gasteiger partial charge is 0.317 e. The van der Waals surface area contributed by atoms with Crippen molar-refractivity contribution in [3.63, 3.8) is 0 Å². The second kappa shape index (κ2) is 7.28. The minimum atomic E-state index is -2.76. The Hall–Kier alpha value is -0.0900. The average Bonchev–Trinajstić information content (AvgIpc) is 2.28. The Morgan fingerprint density at radius 2 is 1.75 bits per heavy atom. The number of unbranched alkanes of at least 4 members (excludes halogenated alkanes) is 1. The van der Waals surface area contributed by atoms with Crippen LogP contribution in [-0.4, -0.2) is 33.0 Å². The van der Waals surface area contributed by atoms with E-state index in [0.29, 0.717) is 11.5 Å². The summed E-state index contributed by atoms with van der Waals surface area (Å²) in [5, 5.41) is 3.33. The van der Waals surface area contributed by atoms with Crippen molar-refractivity contribution in [2.24, 2.45) is 5.92 Å². The molecule has 1 aliphatic heterocycles. The molecule has 0 atom stereocenters. The Bertz CT molecular complexity index is 269. The summed E-state index contributed by atoms with van der Waals surface area (Å²) >= 11 is 0. The van der Waals surface area contributed by atoms with Gasteiger partial charge in [-0.2, -0.15) is 0 Å². The van der Waals surface area contributed by atoms with E-state index in [9.17, 15) is 8.42 Å². The van der Waals surface area contributed by atoms with Crippen LogP contribution in [0.5, 0.6) is 0 Å². The zero-order chi connectivity index (χ0) is 11.9. The van der Waals surface area contributed by atoms with Crippen molar-refractivity contribution in [2.45, 2.75) is 45.4 Å². The topological polar surface area (TPSA) is 46.2 Å². The smallest absolute Gasteiger partial charge is 0.150 e. The summed E-state index contributed by atoms with van der Waals surface area (Å²) in [5.74, 6) is 1.54. The first-order valence-electron chi connectivity index (χ1n) is 6.55. The van der Waals surface area contributed by atoms with Crippen LogP contribution in [0.15, 0.2) is 0 Å². The predicted molar refractivity (Wildman–Crippen MR) is 68.4 cm³/mol. The van der Waals surface area contributed by atoms with Gasteiger partial charge in [-0.25, -0.2) is 8.42 Å². The van der Waals surface area contributed by atoms with Crippen molar-refractivity contribution < 1.29 is 8.42 Å². The first-order chi connectivity index (χ1) is 7.64. The minimum Gasteiger partial charge on any atom is -0.317 e. The summed E-state index contributed by atoms with van der Waals surface area (Å²) in [5.41, 5.74) is 0. The molecule has 0 radical (unpaired) electrons. The molecule has 0 aromatic carbocycles. The third kappa shape index (κ3) is 5.85. The first kappa shape index (κ1) is 14.0. The Morgan fingerprint density at radius 1 is 1.12 bits per heavy atom. The van der Waals surface area contributed by atoms with Gasteiger partial charge in [-0.3, -0.25) is 0 Å². The van der Waals surface area contributed by atoms with E-state index >= 15 is 0 Å². The van der Waals surface area contributed by atoms with Gasteiger partial charge in [0.05, 0.1) is 11.5 Å². The highest BCUT2D eigenvalue weighted by molar-refractivity contribution is 7.91. The molecule has 16 heavy (non-hydrogen) atoms. The van der Waals surface area contributed by atoms with E-state index in [1.807, 2.05) is 6.92 Å². The highest BCUT2D eigenvalue weighted by atomic mass is 32.2. The molecule has 0 unspecified atom stereocenters. The lowest BCUT2D eigenvalue weighted by Crippen LogP contribution is -2.28. The Labute approximate surface area is 99.9 Å². The number of rotatable bonds is 7. The van der Waals surface area contributed by atoms with Crippen molar-refractivity contribution >= 4 is 9.84 Å². The third-order valence-corrected chi connectivity index (χ3v) is 5.16. The molecule has 4 heteroatoms. The van der Waals surface area contributed by atoms with Gasteiger partial charge >= 0.3 is 0 Å². The van der Waals surface area contributed by atoms with Crippen LogP contribution in [0.2, 0.25) is 0 Å². The van der Waals surface area contributed by atoms with Crippen LogP contribution in [0.25, 0.3) is 0 Å². The monoisotopic (exact) mass is 247 g/mol. The number of hydrogen-bond donors (Lipinski definition) is 1. The second-order valence-electron chi connectivity index (χ2n) is 4.84. The highest BCUT2D eigenvalue weighted by Gasteiger charge is 2.15. The molecule has 1 N–H and O–H groups in total. The highest BCUT2D eigenvalue weighted by Crippen LogP contribution is 2.18. The molecule has 1 fully saturated rings. The standard InChI is InChI=1S/C12H25NO2S/c1-2-3-10-16(14,15)11-4-5-12-6-8-13-9-7-12/h12-13H,2-11H2,1H3. The van der Waals surface area contributed by atoms with E-state index < -0.39 is 9.84 Å². The molecule has 1 heterocycles. The molecule has 0 saturated carbocycles. The first-order valence-corrected chi connectivity index (χ1v) is 8.37. The molecule has 1 saturated heterocycles. The fourth-order valence-corrected chi connectivity index (χ4v) is 3.77. The van der Waals surface area contributed by atoms with Gasteiger partial charge in [0, 0.05) is 0 Å². The van der Waals surface area contributed by atoms with Gasteiger partial charge in [0.2, 0.25) is 0 Å². The molecule has 0 aromatic rings. The van der Waals surface area contributed by atoms with Crippen LogP contribution in [0, 0.1) is 5.92 Å². The fourth-order valence-electron chi connectivity index (χ4n) is 2.23. The third-order valence-electron chi connectivity index (χ3n) is 3.34. The van der Waals surface area contributed by atoms with Crippen LogP contribution < -0.4 is 5.32 Å². The number of sulfone groups is 1.